The molecule has 1 N–H and O–H groups in total. The van der Waals surface area contributed by atoms with Crippen molar-refractivity contribution in [2.24, 2.45) is 0 Å². The van der Waals surface area contributed by atoms with E-state index in [0.717, 1.165) is 52.2 Å². The van der Waals surface area contributed by atoms with Gasteiger partial charge < -0.3 is 10.1 Å². The Balaban J connectivity index is 1.36. The molecule has 4 heterocycles. The second kappa shape index (κ2) is 12.5. The normalized spacial score (nSPS) is 15.0. The first-order valence-corrected chi connectivity index (χ1v) is 14.2. The monoisotopic (exact) mass is 594 g/mol. The van der Waals surface area contributed by atoms with Gasteiger partial charge in [0.05, 0.1) is 36.3 Å². The van der Waals surface area contributed by atoms with Crippen LogP contribution in [0.4, 0.5) is 5.69 Å². The van der Waals surface area contributed by atoms with E-state index in [1.807, 2.05) is 48.7 Å². The van der Waals surface area contributed by atoms with Gasteiger partial charge in [-0.05, 0) is 65.2 Å². The summed E-state index contributed by atoms with van der Waals surface area (Å²) in [6.45, 7) is 0. The Hall–Kier alpha value is -5.03. The number of tetrazole rings is 1. The standard InChI is InChI=1S/C31H27ClN8O3/c1-43-31(42)13-19-6-9-23-27-15-26(34-17-35-27)22(4-2-3-5-30(41)37-28(23)12-19)25-10-7-20(16-33-25)24-14-21(32)8-11-29(24)40-18-36-38-39-40/h6-12,14-18,22H,2-5,13H2,1H3,(H,37,41). The average molecular weight is 595 g/mol. The summed E-state index contributed by atoms with van der Waals surface area (Å²) >= 11 is 6.35. The molecule has 6 rings (SSSR count). The molecule has 5 aromatic rings. The molecule has 1 atom stereocenters. The molecule has 2 bridgehead atoms. The van der Waals surface area contributed by atoms with Gasteiger partial charge in [0.1, 0.15) is 12.7 Å². The van der Waals surface area contributed by atoms with Crippen molar-refractivity contribution in [1.29, 1.82) is 0 Å². The highest BCUT2D eigenvalue weighted by molar-refractivity contribution is 6.31. The predicted octanol–water partition coefficient (Wildman–Crippen LogP) is 5.19. The Morgan fingerprint density at radius 3 is 2.72 bits per heavy atom. The number of nitrogens with zero attached hydrogens (tertiary/aromatic N) is 7. The number of halogens is 1. The molecule has 11 nitrogen and oxygen atoms in total. The van der Waals surface area contributed by atoms with Crippen molar-refractivity contribution in [2.45, 2.75) is 38.0 Å². The number of benzene rings is 2. The van der Waals surface area contributed by atoms with Gasteiger partial charge in [0.15, 0.2) is 0 Å². The molecule has 0 radical (unpaired) electrons. The zero-order valence-corrected chi connectivity index (χ0v) is 24.0. The number of methoxy groups -OCH3 is 1. The molecule has 0 aliphatic carbocycles. The van der Waals surface area contributed by atoms with Crippen molar-refractivity contribution < 1.29 is 14.3 Å². The van der Waals surface area contributed by atoms with Crippen LogP contribution in [0.15, 0.2) is 73.4 Å². The van der Waals surface area contributed by atoms with E-state index >= 15 is 0 Å². The van der Waals surface area contributed by atoms with Crippen molar-refractivity contribution >= 4 is 29.2 Å². The number of fused-ring (bicyclic) bond motifs is 4. The number of carbonyl (C=O) groups is 2. The smallest absolute Gasteiger partial charge is 0.309 e. The van der Waals surface area contributed by atoms with E-state index in [1.165, 1.54) is 19.8 Å². The summed E-state index contributed by atoms with van der Waals surface area (Å²) in [5.41, 5.74) is 6.91. The highest BCUT2D eigenvalue weighted by Gasteiger charge is 2.22. The molecule has 1 unspecified atom stereocenters. The molecule has 1 aliphatic rings. The third-order valence-corrected chi connectivity index (χ3v) is 7.65. The Bertz CT molecular complexity index is 1780. The highest BCUT2D eigenvalue weighted by Crippen LogP contribution is 2.35. The van der Waals surface area contributed by atoms with E-state index in [9.17, 15) is 9.59 Å². The van der Waals surface area contributed by atoms with Gasteiger partial charge in [-0.1, -0.05) is 36.2 Å². The Labute approximate surface area is 252 Å². The van der Waals surface area contributed by atoms with Gasteiger partial charge in [0, 0.05) is 45.9 Å². The topological polar surface area (TPSA) is 138 Å². The van der Waals surface area contributed by atoms with Crippen molar-refractivity contribution in [3.05, 3.63) is 95.4 Å². The number of carbonyl (C=O) groups excluding carboxylic acids is 2. The second-order valence-corrected chi connectivity index (χ2v) is 10.6. The zero-order valence-electron chi connectivity index (χ0n) is 23.3. The predicted molar refractivity (Wildman–Crippen MR) is 160 cm³/mol. The van der Waals surface area contributed by atoms with Crippen molar-refractivity contribution in [1.82, 2.24) is 35.2 Å². The summed E-state index contributed by atoms with van der Waals surface area (Å²) in [6.07, 6.45) is 7.61. The minimum Gasteiger partial charge on any atom is -0.469 e. The number of ether oxygens (including phenoxy) is 1. The Morgan fingerprint density at radius 2 is 1.93 bits per heavy atom. The molecule has 2 aromatic carbocycles. The molecule has 0 fully saturated rings. The molecule has 0 saturated heterocycles. The molecule has 0 spiro atoms. The van der Waals surface area contributed by atoms with Crippen molar-refractivity contribution in [3.8, 4) is 28.1 Å². The molecule has 216 valence electrons. The summed E-state index contributed by atoms with van der Waals surface area (Å²) < 4.78 is 6.40. The molecule has 1 aliphatic heterocycles. The summed E-state index contributed by atoms with van der Waals surface area (Å²) in [7, 11) is 1.35. The number of esters is 1. The maximum Gasteiger partial charge on any atom is 0.309 e. The van der Waals surface area contributed by atoms with Crippen LogP contribution in [0.2, 0.25) is 5.02 Å². The van der Waals surface area contributed by atoms with Crippen LogP contribution >= 0.6 is 11.6 Å². The van der Waals surface area contributed by atoms with Gasteiger partial charge in [-0.15, -0.1) is 5.10 Å². The van der Waals surface area contributed by atoms with Crippen LogP contribution in [0.25, 0.3) is 28.1 Å². The van der Waals surface area contributed by atoms with Gasteiger partial charge in [-0.3, -0.25) is 14.6 Å². The Morgan fingerprint density at radius 1 is 1.02 bits per heavy atom. The maximum absolute atomic E-state index is 12.9. The minimum atomic E-state index is -0.355. The number of nitrogens with one attached hydrogen (secondary N) is 1. The Kier molecular flexibility index (Phi) is 8.14. The minimum absolute atomic E-state index is 0.0924. The van der Waals surface area contributed by atoms with Crippen LogP contribution in [0, 0.1) is 0 Å². The van der Waals surface area contributed by atoms with Gasteiger partial charge in [0.2, 0.25) is 5.91 Å². The first-order valence-electron chi connectivity index (χ1n) is 13.8. The molecular formula is C31H27ClN8O3. The summed E-state index contributed by atoms with van der Waals surface area (Å²) in [5.74, 6) is -0.559. The molecule has 43 heavy (non-hydrogen) atoms. The van der Waals surface area contributed by atoms with Crippen LogP contribution in [-0.2, 0) is 20.7 Å². The van der Waals surface area contributed by atoms with Crippen LogP contribution in [-0.4, -0.2) is 54.1 Å². The van der Waals surface area contributed by atoms with Gasteiger partial charge in [-0.2, -0.15) is 4.68 Å². The fraction of sp³-hybridized carbons (Fsp3) is 0.226. The zero-order chi connectivity index (χ0) is 29.8. The number of anilines is 1. The average Bonchev–Trinajstić information content (AvgIpc) is 3.56. The van der Waals surface area contributed by atoms with E-state index in [-0.39, 0.29) is 24.2 Å². The van der Waals surface area contributed by atoms with Crippen molar-refractivity contribution in [2.75, 3.05) is 12.4 Å². The van der Waals surface area contributed by atoms with Gasteiger partial charge in [-0.25, -0.2) is 9.97 Å². The van der Waals surface area contributed by atoms with Crippen LogP contribution in [0.5, 0.6) is 0 Å². The fourth-order valence-corrected chi connectivity index (χ4v) is 5.42. The highest BCUT2D eigenvalue weighted by atomic mass is 35.5. The molecule has 3 aromatic heterocycles. The van der Waals surface area contributed by atoms with E-state index in [2.05, 4.69) is 30.8 Å². The lowest BCUT2D eigenvalue weighted by Crippen LogP contribution is -2.14. The van der Waals surface area contributed by atoms with E-state index in [1.54, 1.807) is 16.8 Å². The molecular weight excluding hydrogens is 568 g/mol. The lowest BCUT2D eigenvalue weighted by Gasteiger charge is -2.19. The van der Waals surface area contributed by atoms with E-state index in [0.29, 0.717) is 29.2 Å². The van der Waals surface area contributed by atoms with Crippen LogP contribution in [0.1, 0.15) is 48.6 Å². The van der Waals surface area contributed by atoms with Gasteiger partial charge >= 0.3 is 5.97 Å². The lowest BCUT2D eigenvalue weighted by atomic mass is 9.91. The summed E-state index contributed by atoms with van der Waals surface area (Å²) in [4.78, 5) is 38.8. The van der Waals surface area contributed by atoms with Crippen molar-refractivity contribution in [3.63, 3.8) is 0 Å². The number of amides is 1. The fourth-order valence-electron chi connectivity index (χ4n) is 5.25. The first-order chi connectivity index (χ1) is 21.0. The number of hydrogen-bond acceptors (Lipinski definition) is 9. The first kappa shape index (κ1) is 28.1. The number of hydrogen-bond donors (Lipinski definition) is 1. The molecule has 1 amide bonds. The van der Waals surface area contributed by atoms with E-state index < -0.39 is 0 Å². The van der Waals surface area contributed by atoms with E-state index in [4.69, 9.17) is 21.3 Å². The van der Waals surface area contributed by atoms with Gasteiger partial charge in [0.25, 0.3) is 0 Å². The van der Waals surface area contributed by atoms with Crippen LogP contribution in [0.3, 0.4) is 0 Å². The molecule has 12 heteroatoms. The maximum atomic E-state index is 12.9. The SMILES string of the molecule is COC(=O)Cc1ccc2c(c1)NC(=O)CCCCC(c1ccc(-c3cc(Cl)ccc3-n3cnnn3)cn1)c1cc-2ncn1. The van der Waals surface area contributed by atoms with Crippen LogP contribution < -0.4 is 5.32 Å². The summed E-state index contributed by atoms with van der Waals surface area (Å²) in [6, 6.07) is 17.0. The second-order valence-electron chi connectivity index (χ2n) is 10.2. The third-order valence-electron chi connectivity index (χ3n) is 7.41. The number of aromatic nitrogens is 7. The number of rotatable bonds is 5. The number of pyridine rings is 1. The lowest BCUT2D eigenvalue weighted by molar-refractivity contribution is -0.139. The largest absolute Gasteiger partial charge is 0.469 e. The third kappa shape index (κ3) is 6.26. The quantitative estimate of drug-likeness (QED) is 0.272. The molecule has 0 saturated carbocycles. The summed E-state index contributed by atoms with van der Waals surface area (Å²) in [5, 5.41) is 15.1.